The first-order chi connectivity index (χ1) is 12.7. The van der Waals surface area contributed by atoms with Crippen LogP contribution in [0, 0.1) is 11.3 Å². The van der Waals surface area contributed by atoms with Crippen LogP contribution in [0.1, 0.15) is 44.6 Å². The minimum absolute atomic E-state index is 0.292. The Kier molecular flexibility index (Phi) is 7.75. The number of aliphatic carboxylic acids is 1. The molecule has 2 rings (SSSR count). The molecule has 1 aliphatic heterocycles. The highest BCUT2D eigenvalue weighted by Crippen LogP contribution is 2.29. The van der Waals surface area contributed by atoms with E-state index in [9.17, 15) is 4.79 Å². The number of carboxylic acids is 1. The van der Waals surface area contributed by atoms with Crippen LogP contribution >= 0.6 is 0 Å². The van der Waals surface area contributed by atoms with Crippen LogP contribution in [0.15, 0.2) is 35.9 Å². The van der Waals surface area contributed by atoms with Gasteiger partial charge in [-0.05, 0) is 43.9 Å². The fraction of sp³-hybridized carbons (Fsp3) is 0.429. The highest BCUT2D eigenvalue weighted by atomic mass is 16.5. The molecule has 0 amide bonds. The van der Waals surface area contributed by atoms with Crippen molar-refractivity contribution in [3.8, 4) is 11.8 Å². The number of hydrogen-bond acceptors (Lipinski definition) is 4. The minimum atomic E-state index is -1.22. The Hall–Kier alpha value is -2.74. The Bertz CT molecular complexity index is 710. The molecule has 1 saturated heterocycles. The van der Waals surface area contributed by atoms with E-state index < -0.39 is 5.97 Å². The summed E-state index contributed by atoms with van der Waals surface area (Å²) in [4.78, 5) is 13.3. The number of nitrogens with zero attached hydrogens (tertiary/aromatic N) is 2. The minimum Gasteiger partial charge on any atom is -0.493 e. The lowest BCUT2D eigenvalue weighted by molar-refractivity contribution is -0.132. The number of rotatable bonds is 8. The van der Waals surface area contributed by atoms with Crippen LogP contribution in [-0.4, -0.2) is 30.8 Å². The number of allylic oxidation sites excluding steroid dienone is 2. The number of unbranched alkanes of at least 4 members (excludes halogenated alkanes) is 1. The zero-order chi connectivity index (χ0) is 18.8. The molecule has 0 saturated carbocycles. The van der Waals surface area contributed by atoms with E-state index in [0.717, 1.165) is 42.9 Å². The first kappa shape index (κ1) is 19.6. The first-order valence-corrected chi connectivity index (χ1v) is 9.19. The third-order valence-electron chi connectivity index (χ3n) is 4.36. The molecule has 1 aliphatic rings. The van der Waals surface area contributed by atoms with Crippen molar-refractivity contribution in [3.05, 3.63) is 41.5 Å². The Labute approximate surface area is 155 Å². The normalized spacial score (nSPS) is 15.1. The van der Waals surface area contributed by atoms with E-state index in [-0.39, 0.29) is 5.57 Å². The first-order valence-electron chi connectivity index (χ1n) is 9.19. The Balaban J connectivity index is 2.22. The van der Waals surface area contributed by atoms with Gasteiger partial charge in [0.15, 0.2) is 0 Å². The van der Waals surface area contributed by atoms with Crippen molar-refractivity contribution in [1.29, 1.82) is 5.26 Å². The van der Waals surface area contributed by atoms with Crippen LogP contribution in [0.4, 0.5) is 5.69 Å². The Morgan fingerprint density at radius 3 is 2.77 bits per heavy atom. The molecule has 1 heterocycles. The van der Waals surface area contributed by atoms with Crippen molar-refractivity contribution < 1.29 is 14.6 Å². The lowest BCUT2D eigenvalue weighted by atomic mass is 10.1. The van der Waals surface area contributed by atoms with Crippen LogP contribution in [0.3, 0.4) is 0 Å². The van der Waals surface area contributed by atoms with Gasteiger partial charge in [0, 0.05) is 30.4 Å². The third kappa shape index (κ3) is 5.66. The number of ether oxygens (including phenoxy) is 1. The van der Waals surface area contributed by atoms with Crippen LogP contribution in [-0.2, 0) is 4.79 Å². The van der Waals surface area contributed by atoms with E-state index in [1.807, 2.05) is 6.07 Å². The lowest BCUT2D eigenvalue weighted by Crippen LogP contribution is -2.29. The van der Waals surface area contributed by atoms with Gasteiger partial charge in [0.1, 0.15) is 17.4 Å². The number of carboxylic acid groups (broad SMARTS) is 1. The van der Waals surface area contributed by atoms with Crippen LogP contribution in [0.25, 0.3) is 6.08 Å². The SMILES string of the molecule is CCCCOc1cc(N2CCCCC2)ccc1C=CC=C(C#N)C(=O)O. The van der Waals surface area contributed by atoms with Gasteiger partial charge in [-0.3, -0.25) is 0 Å². The highest BCUT2D eigenvalue weighted by Gasteiger charge is 2.13. The second-order valence-corrected chi connectivity index (χ2v) is 6.33. The molecule has 1 N–H and O–H groups in total. The molecule has 138 valence electrons. The maximum atomic E-state index is 10.9. The predicted molar refractivity (Wildman–Crippen MR) is 103 cm³/mol. The number of anilines is 1. The Morgan fingerprint density at radius 2 is 2.12 bits per heavy atom. The second-order valence-electron chi connectivity index (χ2n) is 6.33. The molecule has 5 nitrogen and oxygen atoms in total. The topological polar surface area (TPSA) is 73.6 Å². The van der Waals surface area contributed by atoms with Crippen LogP contribution < -0.4 is 9.64 Å². The third-order valence-corrected chi connectivity index (χ3v) is 4.36. The van der Waals surface area contributed by atoms with E-state index >= 15 is 0 Å². The van der Waals surface area contributed by atoms with Gasteiger partial charge in [0.25, 0.3) is 0 Å². The van der Waals surface area contributed by atoms with Gasteiger partial charge in [0.2, 0.25) is 0 Å². The van der Waals surface area contributed by atoms with Crippen molar-refractivity contribution in [2.45, 2.75) is 39.0 Å². The molecule has 0 unspecified atom stereocenters. The van der Waals surface area contributed by atoms with E-state index in [0.29, 0.717) is 6.61 Å². The van der Waals surface area contributed by atoms with Gasteiger partial charge in [-0.2, -0.15) is 5.26 Å². The standard InChI is InChI=1S/C21H26N2O3/c1-2-3-14-26-20-15-19(23-12-5-4-6-13-23)11-10-17(20)8-7-9-18(16-22)21(24)25/h7-11,15H,2-6,12-14H2,1H3,(H,24,25). The molecular formula is C21H26N2O3. The fourth-order valence-electron chi connectivity index (χ4n) is 2.87. The number of carbonyl (C=O) groups is 1. The van der Waals surface area contributed by atoms with E-state index in [1.165, 1.54) is 25.3 Å². The summed E-state index contributed by atoms with van der Waals surface area (Å²) in [6.07, 6.45) is 10.4. The second kappa shape index (κ2) is 10.3. The molecule has 0 atom stereocenters. The summed E-state index contributed by atoms with van der Waals surface area (Å²) >= 11 is 0. The van der Waals surface area contributed by atoms with Gasteiger partial charge in [-0.25, -0.2) is 4.79 Å². The number of benzene rings is 1. The fourth-order valence-corrected chi connectivity index (χ4v) is 2.87. The van der Waals surface area contributed by atoms with Gasteiger partial charge in [0.05, 0.1) is 6.61 Å². The van der Waals surface area contributed by atoms with E-state index in [4.69, 9.17) is 15.1 Å². The monoisotopic (exact) mass is 354 g/mol. The van der Waals surface area contributed by atoms with Crippen molar-refractivity contribution in [2.75, 3.05) is 24.6 Å². The van der Waals surface area contributed by atoms with Crippen molar-refractivity contribution in [2.24, 2.45) is 0 Å². The zero-order valence-electron chi connectivity index (χ0n) is 15.3. The van der Waals surface area contributed by atoms with Gasteiger partial charge < -0.3 is 14.7 Å². The summed E-state index contributed by atoms with van der Waals surface area (Å²) in [5.74, 6) is -0.433. The predicted octanol–water partition coefficient (Wildman–Crippen LogP) is 4.40. The molecule has 5 heteroatoms. The summed E-state index contributed by atoms with van der Waals surface area (Å²) in [7, 11) is 0. The van der Waals surface area contributed by atoms with Crippen molar-refractivity contribution >= 4 is 17.7 Å². The average Bonchev–Trinajstić information content (AvgIpc) is 2.66. The summed E-state index contributed by atoms with van der Waals surface area (Å²) < 4.78 is 5.96. The summed E-state index contributed by atoms with van der Waals surface area (Å²) in [5, 5.41) is 17.7. The summed E-state index contributed by atoms with van der Waals surface area (Å²) in [6.45, 7) is 4.90. The van der Waals surface area contributed by atoms with Gasteiger partial charge in [-0.15, -0.1) is 0 Å². The molecule has 0 aliphatic carbocycles. The van der Waals surface area contributed by atoms with E-state index in [1.54, 1.807) is 18.2 Å². The summed E-state index contributed by atoms with van der Waals surface area (Å²) in [6, 6.07) is 7.79. The maximum absolute atomic E-state index is 10.9. The largest absolute Gasteiger partial charge is 0.493 e. The molecule has 0 bridgehead atoms. The maximum Gasteiger partial charge on any atom is 0.346 e. The molecule has 0 spiro atoms. The summed E-state index contributed by atoms with van der Waals surface area (Å²) in [5.41, 5.74) is 1.74. The van der Waals surface area contributed by atoms with Crippen molar-refractivity contribution in [3.63, 3.8) is 0 Å². The molecular weight excluding hydrogens is 328 g/mol. The van der Waals surface area contributed by atoms with Crippen LogP contribution in [0.2, 0.25) is 0 Å². The van der Waals surface area contributed by atoms with Crippen LogP contribution in [0.5, 0.6) is 5.75 Å². The molecule has 0 aromatic heterocycles. The lowest BCUT2D eigenvalue weighted by Gasteiger charge is -2.29. The molecule has 1 aromatic carbocycles. The van der Waals surface area contributed by atoms with Crippen molar-refractivity contribution in [1.82, 2.24) is 0 Å². The van der Waals surface area contributed by atoms with E-state index in [2.05, 4.69) is 24.0 Å². The smallest absolute Gasteiger partial charge is 0.346 e. The number of nitriles is 1. The average molecular weight is 354 g/mol. The number of hydrogen-bond donors (Lipinski definition) is 1. The molecule has 1 fully saturated rings. The molecule has 1 aromatic rings. The molecule has 26 heavy (non-hydrogen) atoms. The molecule has 0 radical (unpaired) electrons. The highest BCUT2D eigenvalue weighted by molar-refractivity contribution is 5.91. The van der Waals surface area contributed by atoms with Gasteiger partial charge >= 0.3 is 5.97 Å². The zero-order valence-corrected chi connectivity index (χ0v) is 15.3. The quantitative estimate of drug-likeness (QED) is 0.324. The van der Waals surface area contributed by atoms with Gasteiger partial charge in [-0.1, -0.05) is 25.5 Å². The number of piperidine rings is 1. The Morgan fingerprint density at radius 1 is 1.35 bits per heavy atom.